The van der Waals surface area contributed by atoms with Gasteiger partial charge in [-0.2, -0.15) is 0 Å². The van der Waals surface area contributed by atoms with Gasteiger partial charge < -0.3 is 9.47 Å². The Balaban J connectivity index is 2.04. The summed E-state index contributed by atoms with van der Waals surface area (Å²) in [5.41, 5.74) is 1.11. The second kappa shape index (κ2) is 8.96. The lowest BCUT2D eigenvalue weighted by atomic mass is 10.1. The van der Waals surface area contributed by atoms with Crippen molar-refractivity contribution in [3.05, 3.63) is 60.3 Å². The molecule has 0 atom stereocenters. The van der Waals surface area contributed by atoms with Gasteiger partial charge in [0.05, 0.1) is 24.1 Å². The fourth-order valence-electron chi connectivity index (χ4n) is 2.96. The molecule has 6 nitrogen and oxygen atoms in total. The van der Waals surface area contributed by atoms with E-state index in [1.54, 1.807) is 43.5 Å². The van der Waals surface area contributed by atoms with Crippen LogP contribution in [0.3, 0.4) is 0 Å². The molecule has 0 aliphatic rings. The van der Waals surface area contributed by atoms with E-state index >= 15 is 0 Å². The molecule has 152 valence electrons. The van der Waals surface area contributed by atoms with Crippen molar-refractivity contribution in [3.63, 3.8) is 0 Å². The van der Waals surface area contributed by atoms with Crippen LogP contribution in [0.5, 0.6) is 11.5 Å². The van der Waals surface area contributed by atoms with Crippen molar-refractivity contribution >= 4 is 33.3 Å². The van der Waals surface area contributed by atoms with Gasteiger partial charge in [0, 0.05) is 17.1 Å². The van der Waals surface area contributed by atoms with Gasteiger partial charge in [-0.1, -0.05) is 13.3 Å². The Labute approximate surface area is 170 Å². The highest BCUT2D eigenvalue weighted by atomic mass is 32.2. The summed E-state index contributed by atoms with van der Waals surface area (Å²) in [5, 5.41) is 0.672. The van der Waals surface area contributed by atoms with E-state index in [1.807, 2.05) is 0 Å². The zero-order chi connectivity index (χ0) is 20.9. The molecule has 0 spiro atoms. The van der Waals surface area contributed by atoms with Gasteiger partial charge >= 0.3 is 0 Å². The number of benzene rings is 2. The summed E-state index contributed by atoms with van der Waals surface area (Å²) in [6, 6.07) is 11.5. The minimum absolute atomic E-state index is 0.152. The molecule has 0 aliphatic heterocycles. The summed E-state index contributed by atoms with van der Waals surface area (Å²) in [7, 11) is -2.29. The van der Waals surface area contributed by atoms with Gasteiger partial charge in [-0.25, -0.2) is 12.4 Å². The molecule has 3 rings (SSSR count). The Morgan fingerprint density at radius 1 is 1.07 bits per heavy atom. The zero-order valence-electron chi connectivity index (χ0n) is 16.4. The first-order valence-electron chi connectivity index (χ1n) is 9.30. The van der Waals surface area contributed by atoms with E-state index in [4.69, 9.17) is 9.47 Å². The fraction of sp³-hybridized carbons (Fsp3) is 0.227. The molecule has 1 aromatic heterocycles. The molecule has 0 amide bonds. The van der Waals surface area contributed by atoms with Crippen molar-refractivity contribution in [3.8, 4) is 11.5 Å². The third kappa shape index (κ3) is 4.35. The molecule has 0 aliphatic carbocycles. The quantitative estimate of drug-likeness (QED) is 0.297. The average Bonchev–Trinajstić information content (AvgIpc) is 3.11. The zero-order valence-corrected chi connectivity index (χ0v) is 17.2. The minimum Gasteiger partial charge on any atom is -0.497 e. The highest BCUT2D eigenvalue weighted by Crippen LogP contribution is 2.30. The topological polar surface area (TPSA) is 74.6 Å². The van der Waals surface area contributed by atoms with Crippen LogP contribution in [-0.2, 0) is 14.8 Å². The van der Waals surface area contributed by atoms with Crippen molar-refractivity contribution < 1.29 is 22.7 Å². The van der Waals surface area contributed by atoms with E-state index in [-0.39, 0.29) is 4.90 Å². The highest BCUT2D eigenvalue weighted by Gasteiger charge is 2.21. The number of rotatable bonds is 9. The second-order valence-electron chi connectivity index (χ2n) is 6.44. The third-order valence-corrected chi connectivity index (χ3v) is 6.20. The first-order valence-corrected chi connectivity index (χ1v) is 10.7. The first-order chi connectivity index (χ1) is 14.0. The van der Waals surface area contributed by atoms with Gasteiger partial charge in [-0.05, 0) is 61.0 Å². The maximum absolute atomic E-state index is 13.3. The lowest BCUT2D eigenvalue weighted by molar-refractivity contribution is -0.104. The van der Waals surface area contributed by atoms with Gasteiger partial charge in [0.2, 0.25) is 0 Å². The molecule has 1 heterocycles. The number of hydrogen-bond donors (Lipinski definition) is 0. The minimum atomic E-state index is -3.83. The molecule has 0 N–H and O–H groups in total. The third-order valence-electron chi connectivity index (χ3n) is 4.51. The molecule has 0 saturated carbocycles. The summed E-state index contributed by atoms with van der Waals surface area (Å²) >= 11 is 0. The number of hydrogen-bond acceptors (Lipinski definition) is 5. The number of aldehydes is 1. The molecule has 0 unspecified atom stereocenters. The largest absolute Gasteiger partial charge is 0.497 e. The predicted octanol–water partition coefficient (Wildman–Crippen LogP) is 4.28. The molecule has 0 fully saturated rings. The van der Waals surface area contributed by atoms with Crippen LogP contribution in [0.2, 0.25) is 0 Å². The van der Waals surface area contributed by atoms with Crippen molar-refractivity contribution in [2.75, 3.05) is 13.7 Å². The van der Waals surface area contributed by atoms with Crippen molar-refractivity contribution in [1.82, 2.24) is 3.97 Å². The number of carbonyl (C=O) groups is 1. The molecular weight excluding hydrogens is 390 g/mol. The summed E-state index contributed by atoms with van der Waals surface area (Å²) in [6.45, 7) is 2.67. The van der Waals surface area contributed by atoms with E-state index in [1.165, 1.54) is 28.4 Å². The van der Waals surface area contributed by atoms with E-state index < -0.39 is 10.0 Å². The summed E-state index contributed by atoms with van der Waals surface area (Å²) < 4.78 is 38.6. The van der Waals surface area contributed by atoms with Gasteiger partial charge in [-0.15, -0.1) is 0 Å². The standard InChI is InChI=1S/C22H23NO5S/c1-3-4-14-28-18-7-10-20(11-8-18)29(25,26)23-16-17(6-5-13-24)21-15-19(27-2)9-12-22(21)23/h5-13,15-16H,3-4,14H2,1-2H3/b6-5+. The number of allylic oxidation sites excluding steroid dienone is 1. The molecule has 29 heavy (non-hydrogen) atoms. The second-order valence-corrected chi connectivity index (χ2v) is 8.25. The maximum atomic E-state index is 13.3. The van der Waals surface area contributed by atoms with Gasteiger partial charge in [0.1, 0.15) is 17.8 Å². The molecule has 0 radical (unpaired) electrons. The van der Waals surface area contributed by atoms with Crippen LogP contribution in [-0.4, -0.2) is 32.4 Å². The predicted molar refractivity (Wildman–Crippen MR) is 113 cm³/mol. The van der Waals surface area contributed by atoms with Crippen LogP contribution < -0.4 is 9.47 Å². The smallest absolute Gasteiger partial charge is 0.268 e. The van der Waals surface area contributed by atoms with Crippen LogP contribution in [0.4, 0.5) is 0 Å². The lowest BCUT2D eigenvalue weighted by Gasteiger charge is -2.10. The van der Waals surface area contributed by atoms with Crippen LogP contribution in [0, 0.1) is 0 Å². The van der Waals surface area contributed by atoms with Crippen molar-refractivity contribution in [1.29, 1.82) is 0 Å². The van der Waals surface area contributed by atoms with E-state index in [2.05, 4.69) is 6.92 Å². The van der Waals surface area contributed by atoms with Gasteiger partial charge in [0.25, 0.3) is 10.0 Å². The van der Waals surface area contributed by atoms with Crippen LogP contribution in [0.1, 0.15) is 25.3 Å². The fourth-order valence-corrected chi connectivity index (χ4v) is 4.34. The van der Waals surface area contributed by atoms with Gasteiger partial charge in [0.15, 0.2) is 0 Å². The number of aromatic nitrogens is 1. The first kappa shape index (κ1) is 20.7. The Morgan fingerprint density at radius 3 is 2.45 bits per heavy atom. The molecular formula is C22H23NO5S. The number of methoxy groups -OCH3 is 1. The number of carbonyl (C=O) groups excluding carboxylic acids is 1. The summed E-state index contributed by atoms with van der Waals surface area (Å²) in [6.07, 6.45) is 7.02. The Morgan fingerprint density at radius 2 is 1.79 bits per heavy atom. The van der Waals surface area contributed by atoms with Gasteiger partial charge in [-0.3, -0.25) is 4.79 Å². The average molecular weight is 413 g/mol. The number of nitrogens with zero attached hydrogens (tertiary/aromatic N) is 1. The van der Waals surface area contributed by atoms with Crippen LogP contribution in [0.25, 0.3) is 17.0 Å². The highest BCUT2D eigenvalue weighted by molar-refractivity contribution is 7.90. The molecule has 3 aromatic rings. The monoisotopic (exact) mass is 413 g/mol. The number of fused-ring (bicyclic) bond motifs is 1. The molecule has 7 heteroatoms. The Bertz CT molecular complexity index is 1130. The van der Waals surface area contributed by atoms with Crippen LogP contribution >= 0.6 is 0 Å². The SMILES string of the molecule is CCCCOc1ccc(S(=O)(=O)n2cc(/C=C/C=O)c3cc(OC)ccc32)cc1. The molecule has 0 saturated heterocycles. The Kier molecular flexibility index (Phi) is 6.39. The van der Waals surface area contributed by atoms with Crippen molar-refractivity contribution in [2.24, 2.45) is 0 Å². The number of unbranched alkanes of at least 4 members (excludes halogenated alkanes) is 1. The maximum Gasteiger partial charge on any atom is 0.268 e. The van der Waals surface area contributed by atoms with E-state index in [0.29, 0.717) is 40.9 Å². The van der Waals surface area contributed by atoms with Crippen molar-refractivity contribution in [2.45, 2.75) is 24.7 Å². The molecule has 2 aromatic carbocycles. The Hall–Kier alpha value is -3.06. The lowest BCUT2D eigenvalue weighted by Crippen LogP contribution is -2.11. The summed E-state index contributed by atoms with van der Waals surface area (Å²) in [5.74, 6) is 1.23. The molecule has 0 bridgehead atoms. The number of ether oxygens (including phenoxy) is 2. The van der Waals surface area contributed by atoms with E-state index in [9.17, 15) is 13.2 Å². The van der Waals surface area contributed by atoms with Crippen LogP contribution in [0.15, 0.2) is 59.6 Å². The van der Waals surface area contributed by atoms with E-state index in [0.717, 1.165) is 12.8 Å². The summed E-state index contributed by atoms with van der Waals surface area (Å²) in [4.78, 5) is 10.9. The normalized spacial score (nSPS) is 11.8.